The maximum atomic E-state index is 10.4. The summed E-state index contributed by atoms with van der Waals surface area (Å²) in [5.74, 6) is 1.15. The van der Waals surface area contributed by atoms with Gasteiger partial charge in [0.25, 0.3) is 0 Å². The number of hydrogen-bond donors (Lipinski definition) is 1. The highest BCUT2D eigenvalue weighted by Crippen LogP contribution is 2.67. The molecule has 0 aromatic heterocycles. The van der Waals surface area contributed by atoms with E-state index in [1.54, 1.807) is 5.57 Å². The van der Waals surface area contributed by atoms with E-state index in [-0.39, 0.29) is 6.10 Å². The zero-order chi connectivity index (χ0) is 20.5. The minimum Gasteiger partial charge on any atom is -0.388 e. The normalized spacial score (nSPS) is 41.5. The molecule has 3 fully saturated rings. The van der Waals surface area contributed by atoms with E-state index < -0.39 is 0 Å². The summed E-state index contributed by atoms with van der Waals surface area (Å²) in [7, 11) is 0. The van der Waals surface area contributed by atoms with Crippen molar-refractivity contribution in [2.24, 2.45) is 22.7 Å². The van der Waals surface area contributed by atoms with E-state index in [1.807, 2.05) is 0 Å². The molecule has 0 spiro atoms. The van der Waals surface area contributed by atoms with Crippen LogP contribution >= 0.6 is 0 Å². The molecule has 1 heteroatoms. The number of aliphatic hydroxyl groups excluding tert-OH is 1. The molecule has 0 aromatic rings. The van der Waals surface area contributed by atoms with Crippen LogP contribution in [0, 0.1) is 22.7 Å². The van der Waals surface area contributed by atoms with Gasteiger partial charge in [0, 0.05) is 0 Å². The van der Waals surface area contributed by atoms with E-state index in [4.69, 9.17) is 0 Å². The van der Waals surface area contributed by atoms with Gasteiger partial charge in [0.15, 0.2) is 0 Å². The molecule has 0 radical (unpaired) electrons. The minimum absolute atomic E-state index is 0.292. The monoisotopic (exact) mass is 382 g/mol. The molecule has 0 aliphatic heterocycles. The van der Waals surface area contributed by atoms with E-state index >= 15 is 0 Å². The van der Waals surface area contributed by atoms with Crippen LogP contribution in [0.15, 0.2) is 47.6 Å². The third-order valence-electron chi connectivity index (χ3n) is 9.02. The van der Waals surface area contributed by atoms with Crippen molar-refractivity contribution in [1.29, 1.82) is 0 Å². The average molecular weight is 383 g/mol. The van der Waals surface area contributed by atoms with E-state index in [0.717, 1.165) is 31.3 Å². The number of fused-ring (bicyclic) bond motifs is 1. The van der Waals surface area contributed by atoms with Crippen LogP contribution in [-0.2, 0) is 0 Å². The van der Waals surface area contributed by atoms with E-state index in [2.05, 4.69) is 53.0 Å². The van der Waals surface area contributed by atoms with Crippen molar-refractivity contribution in [3.63, 3.8) is 0 Å². The van der Waals surface area contributed by atoms with Crippen LogP contribution in [0.5, 0.6) is 0 Å². The fourth-order valence-corrected chi connectivity index (χ4v) is 7.00. The molecular weight excluding hydrogens is 340 g/mol. The van der Waals surface area contributed by atoms with Crippen molar-refractivity contribution >= 4 is 0 Å². The number of rotatable bonds is 5. The van der Waals surface area contributed by atoms with Gasteiger partial charge in [-0.25, -0.2) is 0 Å². The molecule has 3 aliphatic carbocycles. The molecule has 28 heavy (non-hydrogen) atoms. The van der Waals surface area contributed by atoms with Gasteiger partial charge in [-0.1, -0.05) is 69.7 Å². The average Bonchev–Trinajstić information content (AvgIpc) is 3.02. The number of allylic oxidation sites excluding steroid dienone is 4. The summed E-state index contributed by atoms with van der Waals surface area (Å²) in [6.45, 7) is 18.1. The minimum atomic E-state index is -0.355. The molecule has 3 rings (SSSR count). The van der Waals surface area contributed by atoms with Crippen molar-refractivity contribution in [3.8, 4) is 0 Å². The summed E-state index contributed by atoms with van der Waals surface area (Å²) < 4.78 is 0. The Bertz CT molecular complexity index is 680. The molecule has 2 unspecified atom stereocenters. The summed E-state index contributed by atoms with van der Waals surface area (Å²) in [6, 6.07) is 0. The third kappa shape index (κ3) is 3.38. The lowest BCUT2D eigenvalue weighted by Crippen LogP contribution is -2.42. The Kier molecular flexibility index (Phi) is 6.44. The standard InChI is InChI=1S/C27H42O/c1-7-19(4)26(6)16-14-24-23(11-10-15-27(24,26)9-3)13-12-21-17-22(8-2)20(5)25(28)18-21/h12-13,22,24-25,28H,4-5,7-11,14-18H2,1-3,6H3/b21-12+,23-13+/t22?,24-,25+,26+,27?/m0/s1. The van der Waals surface area contributed by atoms with Gasteiger partial charge in [0.05, 0.1) is 6.10 Å². The van der Waals surface area contributed by atoms with Crippen LogP contribution in [0.25, 0.3) is 0 Å². The second kappa shape index (κ2) is 8.34. The molecule has 0 saturated heterocycles. The molecule has 0 aromatic carbocycles. The molecular formula is C27H42O. The summed E-state index contributed by atoms with van der Waals surface area (Å²) in [6.07, 6.45) is 16.3. The largest absolute Gasteiger partial charge is 0.388 e. The first-order valence-electron chi connectivity index (χ1n) is 11.8. The Morgan fingerprint density at radius 3 is 2.57 bits per heavy atom. The summed E-state index contributed by atoms with van der Waals surface area (Å²) in [4.78, 5) is 0. The van der Waals surface area contributed by atoms with Crippen LogP contribution < -0.4 is 0 Å². The molecule has 156 valence electrons. The first-order valence-corrected chi connectivity index (χ1v) is 11.8. The molecule has 5 atom stereocenters. The highest BCUT2D eigenvalue weighted by Gasteiger charge is 2.58. The maximum absolute atomic E-state index is 10.4. The Balaban J connectivity index is 1.88. The number of aliphatic hydroxyl groups is 1. The van der Waals surface area contributed by atoms with Crippen molar-refractivity contribution in [2.75, 3.05) is 0 Å². The van der Waals surface area contributed by atoms with Gasteiger partial charge in [0.1, 0.15) is 0 Å². The van der Waals surface area contributed by atoms with Crippen LogP contribution in [0.4, 0.5) is 0 Å². The van der Waals surface area contributed by atoms with Crippen LogP contribution in [0.2, 0.25) is 0 Å². The summed E-state index contributed by atoms with van der Waals surface area (Å²) in [5, 5.41) is 10.4. The Morgan fingerprint density at radius 2 is 1.93 bits per heavy atom. The smallest absolute Gasteiger partial charge is 0.0787 e. The predicted molar refractivity (Wildman–Crippen MR) is 121 cm³/mol. The zero-order valence-electron chi connectivity index (χ0n) is 18.8. The molecule has 0 heterocycles. The molecule has 0 amide bonds. The second-order valence-electron chi connectivity index (χ2n) is 9.91. The lowest BCUT2D eigenvalue weighted by molar-refractivity contribution is 0.0533. The van der Waals surface area contributed by atoms with Crippen molar-refractivity contribution in [3.05, 3.63) is 47.6 Å². The maximum Gasteiger partial charge on any atom is 0.0787 e. The quantitative estimate of drug-likeness (QED) is 0.487. The van der Waals surface area contributed by atoms with Gasteiger partial charge in [-0.05, 0) is 92.4 Å². The zero-order valence-corrected chi connectivity index (χ0v) is 18.8. The van der Waals surface area contributed by atoms with Gasteiger partial charge >= 0.3 is 0 Å². The molecule has 1 N–H and O–H groups in total. The Labute approximate surface area is 173 Å². The Hall–Kier alpha value is -1.08. The van der Waals surface area contributed by atoms with Crippen LogP contribution in [0.3, 0.4) is 0 Å². The van der Waals surface area contributed by atoms with Crippen LogP contribution in [-0.4, -0.2) is 11.2 Å². The van der Waals surface area contributed by atoms with Gasteiger partial charge in [-0.3, -0.25) is 0 Å². The van der Waals surface area contributed by atoms with Crippen molar-refractivity contribution in [2.45, 2.75) is 98.0 Å². The lowest BCUT2D eigenvalue weighted by atomic mass is 9.53. The second-order valence-corrected chi connectivity index (χ2v) is 9.91. The van der Waals surface area contributed by atoms with Gasteiger partial charge in [-0.15, -0.1) is 0 Å². The fourth-order valence-electron chi connectivity index (χ4n) is 7.00. The fraction of sp³-hybridized carbons (Fsp3) is 0.704. The highest BCUT2D eigenvalue weighted by atomic mass is 16.3. The van der Waals surface area contributed by atoms with Gasteiger partial charge in [-0.2, -0.15) is 0 Å². The van der Waals surface area contributed by atoms with Gasteiger partial charge < -0.3 is 5.11 Å². The molecule has 1 nitrogen and oxygen atoms in total. The summed E-state index contributed by atoms with van der Waals surface area (Å²) in [5.41, 5.74) is 6.27. The predicted octanol–water partition coefficient (Wildman–Crippen LogP) is 7.54. The van der Waals surface area contributed by atoms with Crippen molar-refractivity contribution in [1.82, 2.24) is 0 Å². The highest BCUT2D eigenvalue weighted by molar-refractivity contribution is 5.32. The first kappa shape index (κ1) is 21.6. The number of hydrogen-bond acceptors (Lipinski definition) is 1. The Morgan fingerprint density at radius 1 is 1.18 bits per heavy atom. The van der Waals surface area contributed by atoms with E-state index in [9.17, 15) is 5.11 Å². The third-order valence-corrected chi connectivity index (χ3v) is 9.02. The molecule has 3 saturated carbocycles. The van der Waals surface area contributed by atoms with Gasteiger partial charge in [0.2, 0.25) is 0 Å². The van der Waals surface area contributed by atoms with Crippen LogP contribution in [0.1, 0.15) is 91.9 Å². The van der Waals surface area contributed by atoms with E-state index in [0.29, 0.717) is 22.7 Å². The van der Waals surface area contributed by atoms with E-state index in [1.165, 1.54) is 49.7 Å². The topological polar surface area (TPSA) is 20.2 Å². The van der Waals surface area contributed by atoms with Crippen molar-refractivity contribution < 1.29 is 5.11 Å². The lowest BCUT2D eigenvalue weighted by Gasteiger charge is -2.51. The first-order chi connectivity index (χ1) is 13.3. The molecule has 0 bridgehead atoms. The SMILES string of the molecule is C=C1C(CC)C/C(=C\C=C2/CCCC3(CC)[C@H]2CC[C@]3(C)C(=C)CC)C[C@H]1O. The molecule has 3 aliphatic rings. The summed E-state index contributed by atoms with van der Waals surface area (Å²) >= 11 is 0.